The zero-order valence-electron chi connectivity index (χ0n) is 14.5. The molecule has 1 aromatic carbocycles. The number of methoxy groups -OCH3 is 1. The molecule has 0 spiro atoms. The molecule has 132 valence electrons. The van der Waals surface area contributed by atoms with E-state index in [4.69, 9.17) is 4.74 Å². The summed E-state index contributed by atoms with van der Waals surface area (Å²) in [6.07, 6.45) is 2.41. The highest BCUT2D eigenvalue weighted by Crippen LogP contribution is 2.25. The van der Waals surface area contributed by atoms with E-state index in [-0.39, 0.29) is 30.6 Å². The van der Waals surface area contributed by atoms with Crippen LogP contribution < -0.4 is 4.74 Å². The summed E-state index contributed by atoms with van der Waals surface area (Å²) in [7, 11) is 5.49. The number of halogens is 1. The van der Waals surface area contributed by atoms with E-state index in [1.165, 1.54) is 0 Å². The maximum absolute atomic E-state index is 12.4. The van der Waals surface area contributed by atoms with Crippen molar-refractivity contribution in [2.75, 3.05) is 34.3 Å². The number of amides is 1. The molecule has 1 amide bonds. The molecule has 0 atom stereocenters. The van der Waals surface area contributed by atoms with Gasteiger partial charge in [0.1, 0.15) is 5.75 Å². The molecular weight excluding hydrogens is 372 g/mol. The van der Waals surface area contributed by atoms with Crippen LogP contribution >= 0.6 is 15.9 Å². The molecule has 0 unspecified atom stereocenters. The Hall–Kier alpha value is -1.40. The number of piperidine rings is 1. The largest absolute Gasteiger partial charge is 0.496 e. The van der Waals surface area contributed by atoms with E-state index in [1.54, 1.807) is 19.2 Å². The third-order valence-electron chi connectivity index (χ3n) is 4.66. The second kappa shape index (κ2) is 8.62. The van der Waals surface area contributed by atoms with Crippen molar-refractivity contribution in [2.24, 2.45) is 0 Å². The van der Waals surface area contributed by atoms with Crippen molar-refractivity contribution in [1.82, 2.24) is 9.80 Å². The number of rotatable bonds is 6. The van der Waals surface area contributed by atoms with Crippen molar-refractivity contribution in [3.05, 3.63) is 28.2 Å². The van der Waals surface area contributed by atoms with Crippen molar-refractivity contribution >= 4 is 27.6 Å². The lowest BCUT2D eigenvalue weighted by Gasteiger charge is -2.35. The number of hydrogen-bond donors (Lipinski definition) is 0. The normalized spacial score (nSPS) is 16.0. The molecule has 1 aliphatic heterocycles. The summed E-state index contributed by atoms with van der Waals surface area (Å²) < 4.78 is 6.06. The third-order valence-corrected chi connectivity index (χ3v) is 5.15. The number of ether oxygens (including phenoxy) is 1. The zero-order chi connectivity index (χ0) is 17.7. The highest BCUT2D eigenvalue weighted by atomic mass is 79.9. The molecule has 1 saturated heterocycles. The third kappa shape index (κ3) is 4.80. The fourth-order valence-electron chi connectivity index (χ4n) is 3.02. The number of hydrogen-bond acceptors (Lipinski definition) is 4. The van der Waals surface area contributed by atoms with Crippen LogP contribution in [0, 0.1) is 0 Å². The predicted octanol–water partition coefficient (Wildman–Crippen LogP) is 2.97. The Labute approximate surface area is 152 Å². The minimum absolute atomic E-state index is 0.0341. The lowest BCUT2D eigenvalue weighted by Crippen LogP contribution is -2.44. The van der Waals surface area contributed by atoms with E-state index >= 15 is 0 Å². The topological polar surface area (TPSA) is 49.9 Å². The van der Waals surface area contributed by atoms with Crippen LogP contribution in [-0.2, 0) is 4.79 Å². The first kappa shape index (κ1) is 18.9. The van der Waals surface area contributed by atoms with Crippen LogP contribution in [-0.4, -0.2) is 61.8 Å². The van der Waals surface area contributed by atoms with Gasteiger partial charge in [-0.1, -0.05) is 15.9 Å². The molecule has 0 aliphatic carbocycles. The molecule has 24 heavy (non-hydrogen) atoms. The van der Waals surface area contributed by atoms with Gasteiger partial charge < -0.3 is 14.5 Å². The number of carbonyl (C=O) groups excluding carboxylic acids is 2. The zero-order valence-corrected chi connectivity index (χ0v) is 16.1. The van der Waals surface area contributed by atoms with Crippen LogP contribution in [0.1, 0.15) is 36.0 Å². The molecule has 2 rings (SSSR count). The maximum Gasteiger partial charge on any atom is 0.223 e. The Kier molecular flexibility index (Phi) is 6.80. The van der Waals surface area contributed by atoms with Crippen LogP contribution in [0.5, 0.6) is 5.75 Å². The molecule has 1 heterocycles. The van der Waals surface area contributed by atoms with Crippen molar-refractivity contribution in [2.45, 2.75) is 31.7 Å². The van der Waals surface area contributed by atoms with Gasteiger partial charge in [-0.05, 0) is 51.2 Å². The van der Waals surface area contributed by atoms with Gasteiger partial charge in [0.25, 0.3) is 0 Å². The fourth-order valence-corrected chi connectivity index (χ4v) is 3.38. The van der Waals surface area contributed by atoms with Crippen LogP contribution in [0.4, 0.5) is 0 Å². The van der Waals surface area contributed by atoms with Gasteiger partial charge >= 0.3 is 0 Å². The smallest absolute Gasteiger partial charge is 0.223 e. The highest BCUT2D eigenvalue weighted by Gasteiger charge is 2.24. The summed E-state index contributed by atoms with van der Waals surface area (Å²) in [5, 5.41) is 0. The lowest BCUT2D eigenvalue weighted by molar-refractivity contribution is -0.132. The number of likely N-dealkylation sites (tertiary alicyclic amines) is 1. The monoisotopic (exact) mass is 396 g/mol. The summed E-state index contributed by atoms with van der Waals surface area (Å²) in [5.74, 6) is 0.504. The van der Waals surface area contributed by atoms with Crippen LogP contribution in [0.2, 0.25) is 0 Å². The van der Waals surface area contributed by atoms with Crippen LogP contribution in [0.3, 0.4) is 0 Å². The molecule has 6 heteroatoms. The predicted molar refractivity (Wildman–Crippen MR) is 97.5 cm³/mol. The van der Waals surface area contributed by atoms with Gasteiger partial charge in [-0.25, -0.2) is 0 Å². The van der Waals surface area contributed by atoms with Crippen molar-refractivity contribution in [3.63, 3.8) is 0 Å². The molecule has 1 aliphatic rings. The molecule has 1 fully saturated rings. The number of nitrogens with zero attached hydrogens (tertiary/aromatic N) is 2. The van der Waals surface area contributed by atoms with Crippen LogP contribution in [0.25, 0.3) is 0 Å². The van der Waals surface area contributed by atoms with E-state index in [0.717, 1.165) is 30.4 Å². The number of Topliss-reactive ketones (excluding diaryl/α,β-unsaturated/α-hetero) is 1. The van der Waals surface area contributed by atoms with Gasteiger partial charge in [-0.2, -0.15) is 0 Å². The first-order chi connectivity index (χ1) is 11.4. The Morgan fingerprint density at radius 1 is 1.29 bits per heavy atom. The van der Waals surface area contributed by atoms with Gasteiger partial charge in [0.2, 0.25) is 5.91 Å². The lowest BCUT2D eigenvalue weighted by atomic mass is 10.0. The highest BCUT2D eigenvalue weighted by molar-refractivity contribution is 9.10. The SMILES string of the molecule is COc1ccc(Br)cc1C(=O)CCC(=O)N(C)C1CCN(C)CC1. The van der Waals surface area contributed by atoms with Gasteiger partial charge in [0.05, 0.1) is 12.7 Å². The average molecular weight is 397 g/mol. The standard InChI is InChI=1S/C18H25BrN2O3/c1-20-10-8-14(9-11-20)21(2)18(23)7-5-16(22)15-12-13(19)4-6-17(15)24-3/h4,6,12,14H,5,7-11H2,1-3H3. The van der Waals surface area contributed by atoms with Gasteiger partial charge in [-0.3, -0.25) is 9.59 Å². The average Bonchev–Trinajstić information content (AvgIpc) is 2.59. The summed E-state index contributed by atoms with van der Waals surface area (Å²) in [6, 6.07) is 5.61. The number of benzene rings is 1. The summed E-state index contributed by atoms with van der Waals surface area (Å²) in [6.45, 7) is 2.02. The van der Waals surface area contributed by atoms with Gasteiger partial charge in [0.15, 0.2) is 5.78 Å². The Balaban J connectivity index is 1.91. The second-order valence-electron chi connectivity index (χ2n) is 6.31. The maximum atomic E-state index is 12.4. The van der Waals surface area contributed by atoms with E-state index in [0.29, 0.717) is 11.3 Å². The molecule has 0 saturated carbocycles. The van der Waals surface area contributed by atoms with Crippen molar-refractivity contribution in [3.8, 4) is 5.75 Å². The Morgan fingerprint density at radius 3 is 2.58 bits per heavy atom. The Bertz CT molecular complexity index is 598. The van der Waals surface area contributed by atoms with Crippen molar-refractivity contribution < 1.29 is 14.3 Å². The number of carbonyl (C=O) groups is 2. The van der Waals surface area contributed by atoms with E-state index in [1.807, 2.05) is 18.0 Å². The molecule has 0 N–H and O–H groups in total. The molecule has 0 bridgehead atoms. The molecule has 5 nitrogen and oxygen atoms in total. The first-order valence-electron chi connectivity index (χ1n) is 8.23. The first-order valence-corrected chi connectivity index (χ1v) is 9.02. The fraction of sp³-hybridized carbons (Fsp3) is 0.556. The molecule has 0 radical (unpaired) electrons. The van der Waals surface area contributed by atoms with Gasteiger partial charge in [0, 0.05) is 30.4 Å². The summed E-state index contributed by atoms with van der Waals surface area (Å²) in [4.78, 5) is 28.9. The minimum Gasteiger partial charge on any atom is -0.496 e. The summed E-state index contributed by atoms with van der Waals surface area (Å²) in [5.41, 5.74) is 0.515. The van der Waals surface area contributed by atoms with E-state index in [2.05, 4.69) is 27.9 Å². The van der Waals surface area contributed by atoms with E-state index in [9.17, 15) is 9.59 Å². The van der Waals surface area contributed by atoms with Gasteiger partial charge in [-0.15, -0.1) is 0 Å². The van der Waals surface area contributed by atoms with Crippen molar-refractivity contribution in [1.29, 1.82) is 0 Å². The quantitative estimate of drug-likeness (QED) is 0.693. The number of ketones is 1. The molecular formula is C18H25BrN2O3. The Morgan fingerprint density at radius 2 is 1.96 bits per heavy atom. The van der Waals surface area contributed by atoms with Crippen LogP contribution in [0.15, 0.2) is 22.7 Å². The molecule has 0 aromatic heterocycles. The molecule has 1 aromatic rings. The summed E-state index contributed by atoms with van der Waals surface area (Å²) >= 11 is 3.37. The minimum atomic E-state index is -0.0710. The second-order valence-corrected chi connectivity index (χ2v) is 7.22. The van der Waals surface area contributed by atoms with E-state index < -0.39 is 0 Å².